The Morgan fingerprint density at radius 2 is 2.12 bits per heavy atom. The van der Waals surface area contributed by atoms with Crippen LogP contribution in [0.25, 0.3) is 5.70 Å². The van der Waals surface area contributed by atoms with Gasteiger partial charge in [0.05, 0.1) is 22.5 Å². The molecule has 2 heterocycles. The number of aliphatic carboxylic acids is 1. The van der Waals surface area contributed by atoms with Crippen LogP contribution in [0.3, 0.4) is 0 Å². The minimum atomic E-state index is -1.20. The summed E-state index contributed by atoms with van der Waals surface area (Å²) in [7, 11) is 1.49. The molecule has 0 spiro atoms. The van der Waals surface area contributed by atoms with Crippen molar-refractivity contribution >= 4 is 23.0 Å². The average Bonchev–Trinajstić information content (AvgIpc) is 3.14. The Labute approximate surface area is 153 Å². The summed E-state index contributed by atoms with van der Waals surface area (Å²) in [5.74, 6) is -1.72. The number of carbonyl (C=O) groups is 1. The van der Waals surface area contributed by atoms with Crippen LogP contribution in [-0.2, 0) is 4.79 Å². The Morgan fingerprint density at radius 1 is 1.35 bits per heavy atom. The van der Waals surface area contributed by atoms with Crippen LogP contribution in [0.4, 0.5) is 0 Å². The van der Waals surface area contributed by atoms with Crippen molar-refractivity contribution in [1.29, 1.82) is 0 Å². The van der Waals surface area contributed by atoms with Crippen LogP contribution >= 0.6 is 11.3 Å². The predicted molar refractivity (Wildman–Crippen MR) is 97.4 cm³/mol. The van der Waals surface area contributed by atoms with Gasteiger partial charge in [0.15, 0.2) is 0 Å². The largest absolute Gasteiger partial charge is 0.497 e. The van der Waals surface area contributed by atoms with Crippen LogP contribution in [0.2, 0.25) is 0 Å². The maximum absolute atomic E-state index is 11.9. The van der Waals surface area contributed by atoms with Crippen molar-refractivity contribution < 1.29 is 19.6 Å². The van der Waals surface area contributed by atoms with Crippen LogP contribution in [0.1, 0.15) is 23.3 Å². The second-order valence-corrected chi connectivity index (χ2v) is 6.62. The lowest BCUT2D eigenvalue weighted by atomic mass is 9.83. The highest BCUT2D eigenvalue weighted by Gasteiger charge is 2.42. The predicted octanol–water partition coefficient (Wildman–Crippen LogP) is 3.45. The van der Waals surface area contributed by atoms with Gasteiger partial charge in [-0.15, -0.1) is 11.3 Å². The van der Waals surface area contributed by atoms with Crippen LogP contribution < -0.4 is 10.1 Å². The fraction of sp³-hybridized carbons (Fsp3) is 0.167. The van der Waals surface area contributed by atoms with E-state index in [4.69, 9.17) is 4.74 Å². The smallest absolute Gasteiger partial charge is 0.334 e. The van der Waals surface area contributed by atoms with Crippen LogP contribution in [0.5, 0.6) is 5.75 Å². The molecule has 2 aromatic rings. The van der Waals surface area contributed by atoms with E-state index in [1.807, 2.05) is 5.38 Å². The average molecular weight is 372 g/mol. The number of hydrogen-bond acceptors (Lipinski definition) is 6. The third-order valence-electron chi connectivity index (χ3n) is 4.16. The number of methoxy groups -OCH3 is 1. The van der Waals surface area contributed by atoms with Crippen molar-refractivity contribution in [2.45, 2.75) is 12.8 Å². The maximum atomic E-state index is 11.9. The molecule has 134 valence electrons. The molecule has 1 atom stereocenters. The Balaban J connectivity index is 2.29. The Morgan fingerprint density at radius 3 is 2.69 bits per heavy atom. The number of nitro groups is 1. The zero-order valence-corrected chi connectivity index (χ0v) is 14.9. The highest BCUT2D eigenvalue weighted by atomic mass is 32.1. The highest BCUT2D eigenvalue weighted by Crippen LogP contribution is 2.42. The zero-order chi connectivity index (χ0) is 18.8. The lowest BCUT2D eigenvalue weighted by Crippen LogP contribution is -2.30. The number of nitrogens with zero attached hydrogens (tertiary/aromatic N) is 1. The number of dihydropyridines is 1. The number of allylic oxidation sites excluding steroid dienone is 2. The fourth-order valence-corrected chi connectivity index (χ4v) is 3.79. The van der Waals surface area contributed by atoms with Crippen molar-refractivity contribution in [3.8, 4) is 5.75 Å². The number of nitrogens with one attached hydrogen (secondary N) is 1. The molecule has 0 bridgehead atoms. The molecule has 1 aliphatic rings. The maximum Gasteiger partial charge on any atom is 0.334 e. The number of carboxylic acid groups (broad SMARTS) is 1. The van der Waals surface area contributed by atoms with Crippen molar-refractivity contribution in [2.75, 3.05) is 7.11 Å². The van der Waals surface area contributed by atoms with Crippen molar-refractivity contribution in [2.24, 2.45) is 0 Å². The molecule has 0 aliphatic carbocycles. The second kappa shape index (κ2) is 7.01. The number of carboxylic acids is 1. The SMILES string of the molecule is COc1cccc(C2C(C(=O)O)=C(C)NC(c3cccs3)=C2[N+](=O)[O-])c1. The molecule has 0 fully saturated rings. The molecule has 1 unspecified atom stereocenters. The van der Waals surface area contributed by atoms with Crippen molar-refractivity contribution in [3.63, 3.8) is 0 Å². The molecule has 1 aliphatic heterocycles. The van der Waals surface area contributed by atoms with E-state index in [2.05, 4.69) is 5.32 Å². The Bertz CT molecular complexity index is 931. The van der Waals surface area contributed by atoms with E-state index in [1.165, 1.54) is 18.4 Å². The number of hydrogen-bond donors (Lipinski definition) is 2. The molecule has 3 rings (SSSR count). The van der Waals surface area contributed by atoms with Gasteiger partial charge in [-0.05, 0) is 36.1 Å². The van der Waals surface area contributed by atoms with E-state index in [0.717, 1.165) is 0 Å². The van der Waals surface area contributed by atoms with E-state index in [-0.39, 0.29) is 11.3 Å². The van der Waals surface area contributed by atoms with Gasteiger partial charge in [0.25, 0.3) is 5.70 Å². The first-order chi connectivity index (χ1) is 12.4. The first-order valence-corrected chi connectivity index (χ1v) is 8.59. The van der Waals surface area contributed by atoms with Crippen LogP contribution in [0.15, 0.2) is 58.7 Å². The van der Waals surface area contributed by atoms with Gasteiger partial charge < -0.3 is 15.2 Å². The number of rotatable bonds is 5. The van der Waals surface area contributed by atoms with Crippen molar-refractivity contribution in [3.05, 3.63) is 79.3 Å². The molecule has 26 heavy (non-hydrogen) atoms. The van der Waals surface area contributed by atoms with Gasteiger partial charge in [-0.25, -0.2) is 4.79 Å². The molecule has 1 aromatic heterocycles. The summed E-state index contributed by atoms with van der Waals surface area (Å²) >= 11 is 1.35. The topological polar surface area (TPSA) is 102 Å². The number of benzene rings is 1. The Hall–Kier alpha value is -3.13. The molecule has 0 saturated carbocycles. The van der Waals surface area contributed by atoms with Gasteiger partial charge in [0.2, 0.25) is 0 Å². The molecule has 8 heteroatoms. The molecule has 0 amide bonds. The number of thiophene rings is 1. The minimum Gasteiger partial charge on any atom is -0.497 e. The van der Waals surface area contributed by atoms with E-state index < -0.39 is 16.8 Å². The lowest BCUT2D eigenvalue weighted by molar-refractivity contribution is -0.428. The monoisotopic (exact) mass is 372 g/mol. The summed E-state index contributed by atoms with van der Waals surface area (Å²) in [4.78, 5) is 24.0. The van der Waals surface area contributed by atoms with Gasteiger partial charge >= 0.3 is 5.97 Å². The third-order valence-corrected chi connectivity index (χ3v) is 5.04. The summed E-state index contributed by atoms with van der Waals surface area (Å²) in [6, 6.07) is 10.2. The minimum absolute atomic E-state index is 0.0507. The molecular formula is C18H16N2O5S. The summed E-state index contributed by atoms with van der Waals surface area (Å²) in [6.07, 6.45) is 0. The molecule has 0 radical (unpaired) electrons. The molecule has 1 aromatic carbocycles. The van der Waals surface area contributed by atoms with Gasteiger partial charge in [0.1, 0.15) is 17.4 Å². The van der Waals surface area contributed by atoms with Crippen LogP contribution in [0, 0.1) is 10.1 Å². The summed E-state index contributed by atoms with van der Waals surface area (Å²) in [6.45, 7) is 1.61. The lowest BCUT2D eigenvalue weighted by Gasteiger charge is -2.26. The summed E-state index contributed by atoms with van der Waals surface area (Å²) < 4.78 is 5.20. The van der Waals surface area contributed by atoms with E-state index in [9.17, 15) is 20.0 Å². The quantitative estimate of drug-likeness (QED) is 0.616. The molecular weight excluding hydrogens is 356 g/mol. The Kier molecular flexibility index (Phi) is 4.77. The van der Waals surface area contributed by atoms with Gasteiger partial charge in [0, 0.05) is 5.70 Å². The van der Waals surface area contributed by atoms with E-state index in [0.29, 0.717) is 27.6 Å². The molecule has 2 N–H and O–H groups in total. The standard InChI is InChI=1S/C18H16N2O5S/c1-10-14(18(21)22)15(11-5-3-6-12(9-11)25-2)17(20(23)24)16(19-10)13-7-4-8-26-13/h3-9,15,19H,1-2H3,(H,21,22). The first-order valence-electron chi connectivity index (χ1n) is 7.71. The van der Waals surface area contributed by atoms with E-state index in [1.54, 1.807) is 43.3 Å². The van der Waals surface area contributed by atoms with Gasteiger partial charge in [-0.2, -0.15) is 0 Å². The zero-order valence-electron chi connectivity index (χ0n) is 14.1. The first kappa shape index (κ1) is 17.7. The van der Waals surface area contributed by atoms with Gasteiger partial charge in [-0.3, -0.25) is 10.1 Å². The third kappa shape index (κ3) is 3.06. The van der Waals surface area contributed by atoms with Crippen LogP contribution in [-0.4, -0.2) is 23.1 Å². The van der Waals surface area contributed by atoms with Gasteiger partial charge in [-0.1, -0.05) is 18.2 Å². The summed E-state index contributed by atoms with van der Waals surface area (Å²) in [5, 5.41) is 26.4. The second-order valence-electron chi connectivity index (χ2n) is 5.67. The molecule has 0 saturated heterocycles. The summed E-state index contributed by atoms with van der Waals surface area (Å²) in [5.41, 5.74) is 0.942. The normalized spacial score (nSPS) is 17.1. The fourth-order valence-electron chi connectivity index (χ4n) is 3.05. The number of ether oxygens (including phenoxy) is 1. The van der Waals surface area contributed by atoms with Crippen molar-refractivity contribution in [1.82, 2.24) is 5.32 Å². The molecule has 7 nitrogen and oxygen atoms in total. The highest BCUT2D eigenvalue weighted by molar-refractivity contribution is 7.11. The van der Waals surface area contributed by atoms with E-state index >= 15 is 0 Å².